The Morgan fingerprint density at radius 1 is 1.38 bits per heavy atom. The van der Waals surface area contributed by atoms with Gasteiger partial charge in [-0.2, -0.15) is 18.3 Å². The molecule has 0 spiro atoms. The lowest BCUT2D eigenvalue weighted by Gasteiger charge is -2.14. The fourth-order valence-electron chi connectivity index (χ4n) is 2.39. The number of aromatic nitrogens is 3. The molecule has 0 bridgehead atoms. The Hall–Kier alpha value is -2.58. The molecule has 0 aliphatic heterocycles. The second-order valence-corrected chi connectivity index (χ2v) is 5.60. The number of nitrogens with zero attached hydrogens (tertiary/aromatic N) is 2. The third kappa shape index (κ3) is 4.03. The number of alkyl halides is 3. The molecule has 2 rings (SSSR count). The Morgan fingerprint density at radius 2 is 2.04 bits per heavy atom. The molecule has 1 atom stereocenters. The van der Waals surface area contributed by atoms with Crippen LogP contribution in [0.15, 0.2) is 23.1 Å². The minimum absolute atomic E-state index is 0.0301. The van der Waals surface area contributed by atoms with Gasteiger partial charge < -0.3 is 10.3 Å². The van der Waals surface area contributed by atoms with Gasteiger partial charge >= 0.3 is 6.18 Å². The van der Waals surface area contributed by atoms with Crippen molar-refractivity contribution in [1.29, 1.82) is 0 Å². The zero-order valence-electron chi connectivity index (χ0n) is 13.4. The molecule has 0 radical (unpaired) electrons. The van der Waals surface area contributed by atoms with E-state index in [-0.39, 0.29) is 12.5 Å². The van der Waals surface area contributed by atoms with E-state index < -0.39 is 28.9 Å². The molecule has 1 amide bonds. The van der Waals surface area contributed by atoms with E-state index in [0.29, 0.717) is 12.3 Å². The quantitative estimate of drug-likeness (QED) is 0.897. The minimum atomic E-state index is -4.61. The zero-order valence-corrected chi connectivity index (χ0v) is 13.4. The molecule has 9 heteroatoms. The van der Waals surface area contributed by atoms with Crippen molar-refractivity contribution in [2.24, 2.45) is 0 Å². The molecule has 6 nitrogen and oxygen atoms in total. The van der Waals surface area contributed by atoms with Crippen molar-refractivity contribution in [3.05, 3.63) is 45.6 Å². The molecule has 0 unspecified atom stereocenters. The van der Waals surface area contributed by atoms with Crippen LogP contribution < -0.4 is 10.9 Å². The van der Waals surface area contributed by atoms with Crippen LogP contribution in [0.5, 0.6) is 0 Å². The van der Waals surface area contributed by atoms with Gasteiger partial charge in [0, 0.05) is 18.3 Å². The Kier molecular flexibility index (Phi) is 4.81. The molecule has 0 aliphatic rings. The number of H-pyrrole nitrogens is 1. The number of hydrogen-bond donors (Lipinski definition) is 2. The normalized spacial score (nSPS) is 12.9. The summed E-state index contributed by atoms with van der Waals surface area (Å²) in [6.07, 6.45) is -4.07. The SMILES string of the molecule is Cc1cc(C)n([C@@H](C)CC(=O)Nc2cc(C(F)(F)F)c[nH]c2=O)n1. The van der Waals surface area contributed by atoms with Crippen molar-refractivity contribution < 1.29 is 18.0 Å². The molecule has 0 fully saturated rings. The van der Waals surface area contributed by atoms with Gasteiger partial charge in [-0.15, -0.1) is 0 Å². The number of nitrogens with one attached hydrogen (secondary N) is 2. The van der Waals surface area contributed by atoms with Gasteiger partial charge in [0.2, 0.25) is 5.91 Å². The third-order valence-electron chi connectivity index (χ3n) is 3.45. The van der Waals surface area contributed by atoms with Crippen molar-refractivity contribution in [1.82, 2.24) is 14.8 Å². The van der Waals surface area contributed by atoms with Gasteiger partial charge in [0.15, 0.2) is 0 Å². The molecule has 0 aliphatic carbocycles. The van der Waals surface area contributed by atoms with Crippen LogP contribution in [0.25, 0.3) is 0 Å². The van der Waals surface area contributed by atoms with Crippen LogP contribution >= 0.6 is 0 Å². The molecular weight excluding hydrogens is 325 g/mol. The van der Waals surface area contributed by atoms with E-state index in [2.05, 4.69) is 10.4 Å². The van der Waals surface area contributed by atoms with Crippen LogP contribution in [0.3, 0.4) is 0 Å². The molecule has 130 valence electrons. The summed E-state index contributed by atoms with van der Waals surface area (Å²) in [4.78, 5) is 25.6. The first-order valence-electron chi connectivity index (χ1n) is 7.20. The average molecular weight is 342 g/mol. The van der Waals surface area contributed by atoms with Gasteiger partial charge in [-0.3, -0.25) is 14.3 Å². The van der Waals surface area contributed by atoms with E-state index in [0.717, 1.165) is 11.4 Å². The van der Waals surface area contributed by atoms with Gasteiger partial charge in [-0.1, -0.05) is 0 Å². The Balaban J connectivity index is 2.12. The minimum Gasteiger partial charge on any atom is -0.327 e. The number of carbonyl (C=O) groups excluding carboxylic acids is 1. The largest absolute Gasteiger partial charge is 0.417 e. The average Bonchev–Trinajstić information content (AvgIpc) is 2.79. The monoisotopic (exact) mass is 342 g/mol. The highest BCUT2D eigenvalue weighted by atomic mass is 19.4. The summed E-state index contributed by atoms with van der Waals surface area (Å²) < 4.78 is 39.7. The van der Waals surface area contributed by atoms with Crippen LogP contribution in [0.2, 0.25) is 0 Å². The Labute approximate surface area is 135 Å². The van der Waals surface area contributed by atoms with E-state index in [1.54, 1.807) is 11.6 Å². The number of hydrogen-bond acceptors (Lipinski definition) is 3. The fraction of sp³-hybridized carbons (Fsp3) is 0.400. The molecule has 24 heavy (non-hydrogen) atoms. The zero-order chi connectivity index (χ0) is 18.1. The second kappa shape index (κ2) is 6.50. The first kappa shape index (κ1) is 17.8. The lowest BCUT2D eigenvalue weighted by Crippen LogP contribution is -2.24. The maximum atomic E-state index is 12.7. The summed E-state index contributed by atoms with van der Waals surface area (Å²) in [6.45, 7) is 5.42. The lowest BCUT2D eigenvalue weighted by molar-refractivity contribution is -0.137. The van der Waals surface area contributed by atoms with E-state index in [1.165, 1.54) is 0 Å². The van der Waals surface area contributed by atoms with Crippen LogP contribution in [-0.2, 0) is 11.0 Å². The molecular formula is C15H17F3N4O2. The highest BCUT2D eigenvalue weighted by Crippen LogP contribution is 2.29. The van der Waals surface area contributed by atoms with Crippen molar-refractivity contribution in [2.75, 3.05) is 5.32 Å². The predicted octanol–water partition coefficient (Wildman–Crippen LogP) is 2.80. The van der Waals surface area contributed by atoms with Gasteiger partial charge in [0.05, 0.1) is 17.3 Å². The predicted molar refractivity (Wildman–Crippen MR) is 81.7 cm³/mol. The van der Waals surface area contributed by atoms with E-state index in [9.17, 15) is 22.8 Å². The lowest BCUT2D eigenvalue weighted by atomic mass is 10.2. The van der Waals surface area contributed by atoms with Gasteiger partial charge in [-0.05, 0) is 32.9 Å². The van der Waals surface area contributed by atoms with Crippen molar-refractivity contribution >= 4 is 11.6 Å². The molecule has 0 aromatic carbocycles. The van der Waals surface area contributed by atoms with Crippen LogP contribution in [0.1, 0.15) is 36.3 Å². The molecule has 2 N–H and O–H groups in total. The van der Waals surface area contributed by atoms with E-state index in [1.807, 2.05) is 24.9 Å². The number of pyridine rings is 1. The number of aromatic amines is 1. The van der Waals surface area contributed by atoms with Gasteiger partial charge in [-0.25, -0.2) is 0 Å². The van der Waals surface area contributed by atoms with Gasteiger partial charge in [0.1, 0.15) is 5.69 Å². The smallest absolute Gasteiger partial charge is 0.327 e. The first-order valence-corrected chi connectivity index (χ1v) is 7.20. The summed E-state index contributed by atoms with van der Waals surface area (Å²) >= 11 is 0. The number of halogens is 3. The highest BCUT2D eigenvalue weighted by Gasteiger charge is 2.31. The summed E-state index contributed by atoms with van der Waals surface area (Å²) in [5, 5.41) is 6.48. The summed E-state index contributed by atoms with van der Waals surface area (Å²) in [5.41, 5.74) is -0.603. The first-order chi connectivity index (χ1) is 11.1. The molecule has 2 aromatic heterocycles. The summed E-state index contributed by atoms with van der Waals surface area (Å²) in [7, 11) is 0. The van der Waals surface area contributed by atoms with Crippen molar-refractivity contribution in [2.45, 2.75) is 39.4 Å². The van der Waals surface area contributed by atoms with E-state index in [4.69, 9.17) is 0 Å². The number of anilines is 1. The molecule has 2 heterocycles. The Bertz CT molecular complexity index is 808. The van der Waals surface area contributed by atoms with Gasteiger partial charge in [0.25, 0.3) is 5.56 Å². The molecule has 2 aromatic rings. The maximum Gasteiger partial charge on any atom is 0.417 e. The summed E-state index contributed by atoms with van der Waals surface area (Å²) in [6, 6.07) is 2.17. The fourth-order valence-corrected chi connectivity index (χ4v) is 2.39. The van der Waals surface area contributed by atoms with Crippen molar-refractivity contribution in [3.8, 4) is 0 Å². The number of amides is 1. The van der Waals surface area contributed by atoms with Crippen LogP contribution in [0.4, 0.5) is 18.9 Å². The Morgan fingerprint density at radius 3 is 2.58 bits per heavy atom. The van der Waals surface area contributed by atoms with Crippen LogP contribution in [-0.4, -0.2) is 20.7 Å². The maximum absolute atomic E-state index is 12.7. The second-order valence-electron chi connectivity index (χ2n) is 5.60. The third-order valence-corrected chi connectivity index (χ3v) is 3.45. The van der Waals surface area contributed by atoms with Crippen LogP contribution in [0, 0.1) is 13.8 Å². The highest BCUT2D eigenvalue weighted by molar-refractivity contribution is 5.90. The standard InChI is InChI=1S/C15H17F3N4O2/c1-8-4-9(2)22(21-8)10(3)5-13(23)20-12-6-11(15(16,17)18)7-19-14(12)24/h4,6-7,10H,5H2,1-3H3,(H,19,24)(H,20,23)/t10-/m0/s1. The molecule has 0 saturated heterocycles. The number of rotatable bonds is 4. The van der Waals surface area contributed by atoms with Crippen molar-refractivity contribution in [3.63, 3.8) is 0 Å². The number of aryl methyl sites for hydroxylation is 2. The number of carbonyl (C=O) groups is 1. The summed E-state index contributed by atoms with van der Waals surface area (Å²) in [5.74, 6) is -0.570. The topological polar surface area (TPSA) is 79.8 Å². The molecule has 0 saturated carbocycles. The van der Waals surface area contributed by atoms with E-state index >= 15 is 0 Å².